The summed E-state index contributed by atoms with van der Waals surface area (Å²) in [5.41, 5.74) is 2.09. The van der Waals surface area contributed by atoms with E-state index < -0.39 is 17.9 Å². The van der Waals surface area contributed by atoms with E-state index in [-0.39, 0.29) is 11.8 Å². The zero-order valence-electron chi connectivity index (χ0n) is 29.3. The third-order valence-electron chi connectivity index (χ3n) is 7.51. The van der Waals surface area contributed by atoms with Crippen molar-refractivity contribution in [2.75, 3.05) is 6.54 Å². The number of amides is 2. The molecule has 0 heterocycles. The standard InChI is InChI=1S/C41H60N2O4/c1-5-6-7-8-9-10-11-12-13-14-15-16-17-18-19-20-21-22-23-27-39(44)42-32-25-24-26-38(41(46)47)43-40(45)35(4)37-30-28-36(29-31-37)33-34(2)3/h6-7,9-10,12-13,15-16,18-19,21-22,28-31,34-35,38H,5,8,11,14,17,20,23-27,32-33H2,1-4H3,(H,42,44)(H,43,45)(H,46,47)/t35?,38-/m0/s1. The Morgan fingerprint density at radius 3 is 1.72 bits per heavy atom. The molecule has 47 heavy (non-hydrogen) atoms. The number of hydrogen-bond donors (Lipinski definition) is 3. The maximum absolute atomic E-state index is 12.8. The van der Waals surface area contributed by atoms with Crippen LogP contribution in [0.2, 0.25) is 0 Å². The van der Waals surface area contributed by atoms with E-state index in [1.54, 1.807) is 6.92 Å². The van der Waals surface area contributed by atoms with Crippen molar-refractivity contribution in [1.29, 1.82) is 0 Å². The van der Waals surface area contributed by atoms with Crippen LogP contribution in [-0.4, -0.2) is 35.5 Å². The summed E-state index contributed by atoms with van der Waals surface area (Å²) >= 11 is 0. The third-order valence-corrected chi connectivity index (χ3v) is 7.51. The Hall–Kier alpha value is -3.93. The smallest absolute Gasteiger partial charge is 0.326 e. The van der Waals surface area contributed by atoms with Gasteiger partial charge in [0.05, 0.1) is 5.92 Å². The van der Waals surface area contributed by atoms with Gasteiger partial charge in [0, 0.05) is 13.0 Å². The minimum Gasteiger partial charge on any atom is -0.480 e. The summed E-state index contributed by atoms with van der Waals surface area (Å²) in [6, 6.07) is 7.01. The second-order valence-corrected chi connectivity index (χ2v) is 12.3. The molecule has 1 aromatic carbocycles. The SMILES string of the molecule is CCC=CCC=CCC=CCC=CCC=CCC=CCCC(=O)NCCCC[C@H](NC(=O)C(C)c1ccc(CC(C)C)cc1)C(=O)O. The van der Waals surface area contributed by atoms with Crippen molar-refractivity contribution in [2.24, 2.45) is 5.92 Å². The molecule has 0 fully saturated rings. The number of aliphatic carboxylic acids is 1. The van der Waals surface area contributed by atoms with Crippen LogP contribution in [-0.2, 0) is 20.8 Å². The van der Waals surface area contributed by atoms with E-state index in [2.05, 4.69) is 98.2 Å². The fraction of sp³-hybridized carbons (Fsp3) is 0.488. The second kappa shape index (κ2) is 27.2. The van der Waals surface area contributed by atoms with E-state index in [0.29, 0.717) is 44.6 Å². The molecule has 0 saturated heterocycles. The number of nitrogens with one attached hydrogen (secondary N) is 2. The molecule has 6 nitrogen and oxygen atoms in total. The van der Waals surface area contributed by atoms with Crippen molar-refractivity contribution in [2.45, 2.75) is 117 Å². The third kappa shape index (κ3) is 22.3. The van der Waals surface area contributed by atoms with Gasteiger partial charge in [0.1, 0.15) is 6.04 Å². The van der Waals surface area contributed by atoms with Gasteiger partial charge in [-0.3, -0.25) is 9.59 Å². The Balaban J connectivity index is 2.15. The Morgan fingerprint density at radius 1 is 0.723 bits per heavy atom. The van der Waals surface area contributed by atoms with Gasteiger partial charge in [-0.25, -0.2) is 4.79 Å². The zero-order valence-corrected chi connectivity index (χ0v) is 29.3. The fourth-order valence-corrected chi connectivity index (χ4v) is 4.76. The van der Waals surface area contributed by atoms with Gasteiger partial charge in [0.25, 0.3) is 0 Å². The van der Waals surface area contributed by atoms with Crippen molar-refractivity contribution < 1.29 is 19.5 Å². The van der Waals surface area contributed by atoms with Crippen molar-refractivity contribution >= 4 is 17.8 Å². The molecule has 0 bridgehead atoms. The van der Waals surface area contributed by atoms with Gasteiger partial charge in [0.15, 0.2) is 0 Å². The summed E-state index contributed by atoms with van der Waals surface area (Å²) < 4.78 is 0. The lowest BCUT2D eigenvalue weighted by atomic mass is 9.96. The number of carbonyl (C=O) groups is 3. The number of allylic oxidation sites excluding steroid dienone is 12. The average Bonchev–Trinajstić information content (AvgIpc) is 3.04. The molecule has 0 aliphatic rings. The van der Waals surface area contributed by atoms with E-state index in [0.717, 1.165) is 50.5 Å². The highest BCUT2D eigenvalue weighted by Gasteiger charge is 2.23. The fourth-order valence-electron chi connectivity index (χ4n) is 4.76. The molecule has 2 amide bonds. The van der Waals surface area contributed by atoms with E-state index in [9.17, 15) is 19.5 Å². The Labute approximate surface area is 284 Å². The topological polar surface area (TPSA) is 95.5 Å². The first-order chi connectivity index (χ1) is 22.7. The second-order valence-electron chi connectivity index (χ2n) is 12.3. The molecule has 258 valence electrons. The van der Waals surface area contributed by atoms with E-state index in [1.165, 1.54) is 5.56 Å². The molecule has 1 aromatic rings. The van der Waals surface area contributed by atoms with E-state index in [1.807, 2.05) is 30.3 Å². The molecular formula is C41H60N2O4. The number of rotatable bonds is 25. The van der Waals surface area contributed by atoms with Crippen LogP contribution in [0.5, 0.6) is 0 Å². The Bertz CT molecular complexity index is 1190. The first-order valence-corrected chi connectivity index (χ1v) is 17.5. The monoisotopic (exact) mass is 644 g/mol. The highest BCUT2D eigenvalue weighted by atomic mass is 16.4. The van der Waals surface area contributed by atoms with Crippen LogP contribution in [0.25, 0.3) is 0 Å². The van der Waals surface area contributed by atoms with Gasteiger partial charge in [-0.05, 0) is 94.6 Å². The molecule has 0 spiro atoms. The summed E-state index contributed by atoms with van der Waals surface area (Å²) in [5.74, 6) is -1.24. The predicted octanol–water partition coefficient (Wildman–Crippen LogP) is 9.32. The molecule has 0 aliphatic carbocycles. The largest absolute Gasteiger partial charge is 0.480 e. The quantitative estimate of drug-likeness (QED) is 0.0730. The van der Waals surface area contributed by atoms with Crippen LogP contribution >= 0.6 is 0 Å². The van der Waals surface area contributed by atoms with Gasteiger partial charge in [-0.15, -0.1) is 0 Å². The number of carbonyl (C=O) groups excluding carboxylic acids is 2. The normalized spacial score (nSPS) is 13.6. The lowest BCUT2D eigenvalue weighted by Crippen LogP contribution is -2.42. The maximum atomic E-state index is 12.8. The summed E-state index contributed by atoms with van der Waals surface area (Å²) in [4.78, 5) is 36.6. The molecular weight excluding hydrogens is 584 g/mol. The minimum atomic E-state index is -1.04. The summed E-state index contributed by atoms with van der Waals surface area (Å²) in [6.07, 6.45) is 35.4. The Morgan fingerprint density at radius 2 is 1.23 bits per heavy atom. The molecule has 0 saturated carbocycles. The van der Waals surface area contributed by atoms with E-state index >= 15 is 0 Å². The first kappa shape index (κ1) is 41.1. The van der Waals surface area contributed by atoms with Gasteiger partial charge < -0.3 is 15.7 Å². The number of benzene rings is 1. The molecule has 0 aromatic heterocycles. The Kier molecular flexibility index (Phi) is 23.8. The molecule has 0 aliphatic heterocycles. The molecule has 1 rings (SSSR count). The first-order valence-electron chi connectivity index (χ1n) is 17.5. The van der Waals surface area contributed by atoms with Gasteiger partial charge in [0.2, 0.25) is 11.8 Å². The number of carboxylic acid groups (broad SMARTS) is 1. The van der Waals surface area contributed by atoms with Gasteiger partial charge >= 0.3 is 5.97 Å². The highest BCUT2D eigenvalue weighted by molar-refractivity contribution is 5.87. The molecule has 2 atom stereocenters. The average molecular weight is 645 g/mol. The number of unbranched alkanes of at least 4 members (excludes halogenated alkanes) is 1. The van der Waals surface area contributed by atoms with Gasteiger partial charge in [-0.2, -0.15) is 0 Å². The van der Waals surface area contributed by atoms with Crippen molar-refractivity contribution in [1.82, 2.24) is 10.6 Å². The van der Waals surface area contributed by atoms with Crippen LogP contribution in [0.4, 0.5) is 0 Å². The lowest BCUT2D eigenvalue weighted by molar-refractivity contribution is -0.142. The van der Waals surface area contributed by atoms with Crippen molar-refractivity contribution in [3.63, 3.8) is 0 Å². The van der Waals surface area contributed by atoms with Crippen LogP contribution in [0.3, 0.4) is 0 Å². The molecule has 0 radical (unpaired) electrons. The van der Waals surface area contributed by atoms with E-state index in [4.69, 9.17) is 0 Å². The van der Waals surface area contributed by atoms with Crippen molar-refractivity contribution in [3.8, 4) is 0 Å². The van der Waals surface area contributed by atoms with Crippen LogP contribution in [0.1, 0.15) is 115 Å². The predicted molar refractivity (Wildman–Crippen MR) is 197 cm³/mol. The lowest BCUT2D eigenvalue weighted by Gasteiger charge is -2.18. The molecule has 6 heteroatoms. The molecule has 3 N–H and O–H groups in total. The summed E-state index contributed by atoms with van der Waals surface area (Å²) in [7, 11) is 0. The molecule has 1 unspecified atom stereocenters. The number of carboxylic acids is 1. The van der Waals surface area contributed by atoms with Crippen LogP contribution < -0.4 is 10.6 Å². The van der Waals surface area contributed by atoms with Crippen LogP contribution in [0, 0.1) is 5.92 Å². The zero-order chi connectivity index (χ0) is 34.5. The maximum Gasteiger partial charge on any atom is 0.326 e. The highest BCUT2D eigenvalue weighted by Crippen LogP contribution is 2.18. The summed E-state index contributed by atoms with van der Waals surface area (Å²) in [5, 5.41) is 15.2. The number of hydrogen-bond acceptors (Lipinski definition) is 3. The van der Waals surface area contributed by atoms with Gasteiger partial charge in [-0.1, -0.05) is 118 Å². The summed E-state index contributed by atoms with van der Waals surface area (Å²) in [6.45, 7) is 8.76. The van der Waals surface area contributed by atoms with Crippen molar-refractivity contribution in [3.05, 3.63) is 108 Å². The minimum absolute atomic E-state index is 0.0131. The van der Waals surface area contributed by atoms with Crippen LogP contribution in [0.15, 0.2) is 97.2 Å².